The number of ether oxygens (including phenoxy) is 1. The highest BCUT2D eigenvalue weighted by molar-refractivity contribution is 6.36. The first-order chi connectivity index (χ1) is 19.2. The van der Waals surface area contributed by atoms with Crippen molar-refractivity contribution in [2.45, 2.75) is 19.4 Å². The molecule has 0 bridgehead atoms. The number of amides is 1. The number of benzene rings is 3. The number of anilines is 1. The molecule has 2 aromatic heterocycles. The van der Waals surface area contributed by atoms with E-state index in [2.05, 4.69) is 15.3 Å². The summed E-state index contributed by atoms with van der Waals surface area (Å²) in [7, 11) is 0. The molecular weight excluding hydrogens is 554 g/mol. The van der Waals surface area contributed by atoms with Gasteiger partial charge in [0.1, 0.15) is 17.7 Å². The van der Waals surface area contributed by atoms with Crippen LogP contribution in [0.3, 0.4) is 0 Å². The number of nitrogens with one attached hydrogen (secondary N) is 2. The number of nitrogens with zero attached hydrogens (tertiary/aromatic N) is 1. The maximum atomic E-state index is 14.0. The Hall–Kier alpha value is -4.27. The lowest BCUT2D eigenvalue weighted by atomic mass is 10.0. The minimum Gasteiger partial charge on any atom is -0.508 e. The number of carbonyl (C=O) groups is 1. The average Bonchev–Trinajstić information content (AvgIpc) is 3.34. The number of phenolic OH excluding ortho intramolecular Hbond substituents is 1. The van der Waals surface area contributed by atoms with E-state index >= 15 is 0 Å². The number of nitrogen functional groups attached to an aromatic ring is 1. The second-order valence-corrected chi connectivity index (χ2v) is 10.0. The van der Waals surface area contributed by atoms with Crippen LogP contribution in [0.1, 0.15) is 34.5 Å². The molecule has 40 heavy (non-hydrogen) atoms. The van der Waals surface area contributed by atoms with Crippen molar-refractivity contribution in [1.82, 2.24) is 15.3 Å². The van der Waals surface area contributed by atoms with Crippen LogP contribution in [-0.4, -0.2) is 27.5 Å². The fraction of sp³-hybridized carbons (Fsp3) is 0.133. The maximum absolute atomic E-state index is 14.0. The van der Waals surface area contributed by atoms with Crippen LogP contribution in [0, 0.1) is 5.82 Å². The molecule has 10 heteroatoms. The fourth-order valence-corrected chi connectivity index (χ4v) is 5.15. The van der Waals surface area contributed by atoms with Crippen molar-refractivity contribution in [3.8, 4) is 22.6 Å². The molecule has 1 atom stereocenters. The number of H-pyrrole nitrogens is 1. The Balaban J connectivity index is 1.25. The molecule has 204 valence electrons. The summed E-state index contributed by atoms with van der Waals surface area (Å²) in [5.41, 5.74) is 10.3. The molecule has 2 heterocycles. The molecule has 1 amide bonds. The number of aromatic hydroxyl groups is 1. The molecule has 0 saturated heterocycles. The van der Waals surface area contributed by atoms with Crippen molar-refractivity contribution in [1.29, 1.82) is 0 Å². The summed E-state index contributed by atoms with van der Waals surface area (Å²) >= 11 is 12.4. The molecular formula is C30H25Cl2FN4O3. The van der Waals surface area contributed by atoms with Gasteiger partial charge in [-0.25, -0.2) is 9.37 Å². The summed E-state index contributed by atoms with van der Waals surface area (Å²) in [4.78, 5) is 20.1. The van der Waals surface area contributed by atoms with E-state index < -0.39 is 11.9 Å². The number of halogens is 3. The Bertz CT molecular complexity index is 1710. The maximum Gasteiger partial charge on any atom is 0.251 e. The van der Waals surface area contributed by atoms with E-state index in [0.717, 1.165) is 22.0 Å². The standard InChI is InChI=1S/C30H25Cl2FN4O3/c1-16(27-23(31)7-8-24(33)28(27)32)40-26-12-20(15-37-29(26)34)17-2-4-18(5-3-17)30(39)35-11-10-19-14-36-25-9-6-21(38)13-22(19)25/h2-9,12-16,36,38H,10-11H2,1H3,(H2,34,37)(H,35,39). The van der Waals surface area contributed by atoms with E-state index in [1.54, 1.807) is 55.6 Å². The SMILES string of the molecule is CC(Oc1cc(-c2ccc(C(=O)NCCc3c[nH]c4ccc(O)cc34)cc2)cnc1N)c1c(Cl)ccc(F)c1Cl. The van der Waals surface area contributed by atoms with Crippen LogP contribution in [0.2, 0.25) is 10.0 Å². The average molecular weight is 579 g/mol. The van der Waals surface area contributed by atoms with Gasteiger partial charge in [-0.1, -0.05) is 35.3 Å². The highest BCUT2D eigenvalue weighted by Gasteiger charge is 2.20. The first-order valence-corrected chi connectivity index (χ1v) is 13.2. The van der Waals surface area contributed by atoms with Crippen molar-refractivity contribution in [3.63, 3.8) is 0 Å². The van der Waals surface area contributed by atoms with Crippen molar-refractivity contribution < 1.29 is 19.0 Å². The van der Waals surface area contributed by atoms with Gasteiger partial charge in [0, 0.05) is 51.6 Å². The lowest BCUT2D eigenvalue weighted by molar-refractivity contribution is 0.0954. The Morgan fingerprint density at radius 2 is 1.90 bits per heavy atom. The zero-order valence-electron chi connectivity index (χ0n) is 21.3. The quantitative estimate of drug-likeness (QED) is 0.147. The number of pyridine rings is 1. The van der Waals surface area contributed by atoms with E-state index in [-0.39, 0.29) is 33.3 Å². The Labute approximate surface area is 239 Å². The summed E-state index contributed by atoms with van der Waals surface area (Å²) in [6.45, 7) is 2.12. The highest BCUT2D eigenvalue weighted by Crippen LogP contribution is 2.37. The number of carbonyl (C=O) groups excluding carboxylic acids is 1. The normalized spacial score (nSPS) is 11.9. The zero-order valence-corrected chi connectivity index (χ0v) is 22.9. The van der Waals surface area contributed by atoms with E-state index in [4.69, 9.17) is 33.7 Å². The van der Waals surface area contributed by atoms with Crippen molar-refractivity contribution in [3.05, 3.63) is 106 Å². The molecule has 5 rings (SSSR count). The predicted molar refractivity (Wildman–Crippen MR) is 156 cm³/mol. The predicted octanol–water partition coefficient (Wildman–Crippen LogP) is 7.08. The largest absolute Gasteiger partial charge is 0.508 e. The zero-order chi connectivity index (χ0) is 28.4. The van der Waals surface area contributed by atoms with Crippen LogP contribution >= 0.6 is 23.2 Å². The number of hydrogen-bond acceptors (Lipinski definition) is 5. The van der Waals surface area contributed by atoms with Crippen LogP contribution in [0.5, 0.6) is 11.5 Å². The lowest BCUT2D eigenvalue weighted by Crippen LogP contribution is -2.25. The van der Waals surface area contributed by atoms with Gasteiger partial charge in [-0.15, -0.1) is 0 Å². The van der Waals surface area contributed by atoms with Crippen LogP contribution in [0.4, 0.5) is 10.2 Å². The van der Waals surface area contributed by atoms with Crippen molar-refractivity contribution >= 4 is 45.8 Å². The molecule has 5 aromatic rings. The summed E-state index contributed by atoms with van der Waals surface area (Å²) in [5.74, 6) is -0.165. The van der Waals surface area contributed by atoms with Crippen LogP contribution < -0.4 is 15.8 Å². The molecule has 0 fully saturated rings. The minimum absolute atomic E-state index is 0.114. The monoisotopic (exact) mass is 578 g/mol. The number of phenols is 1. The van der Waals surface area contributed by atoms with E-state index in [1.807, 2.05) is 12.3 Å². The minimum atomic E-state index is -0.698. The molecule has 7 nitrogen and oxygen atoms in total. The molecule has 0 aliphatic carbocycles. The van der Waals surface area contributed by atoms with Gasteiger partial charge in [-0.05, 0) is 73.0 Å². The number of rotatable bonds is 8. The summed E-state index contributed by atoms with van der Waals surface area (Å²) in [6, 6.07) is 16.5. The first kappa shape index (κ1) is 27.3. The molecule has 0 radical (unpaired) electrons. The van der Waals surface area contributed by atoms with Gasteiger partial charge in [0.05, 0.1) is 5.02 Å². The molecule has 0 spiro atoms. The van der Waals surface area contributed by atoms with Gasteiger partial charge in [0.2, 0.25) is 0 Å². The number of aromatic nitrogens is 2. The number of fused-ring (bicyclic) bond motifs is 1. The molecule has 0 aliphatic rings. The van der Waals surface area contributed by atoms with E-state index in [9.17, 15) is 14.3 Å². The van der Waals surface area contributed by atoms with Gasteiger partial charge >= 0.3 is 0 Å². The number of aromatic amines is 1. The van der Waals surface area contributed by atoms with Gasteiger partial charge in [0.15, 0.2) is 11.6 Å². The van der Waals surface area contributed by atoms with Crippen LogP contribution in [0.15, 0.2) is 73.1 Å². The second-order valence-electron chi connectivity index (χ2n) is 9.25. The van der Waals surface area contributed by atoms with Crippen molar-refractivity contribution in [2.24, 2.45) is 0 Å². The van der Waals surface area contributed by atoms with E-state index in [0.29, 0.717) is 29.7 Å². The fourth-order valence-electron chi connectivity index (χ4n) is 4.47. The van der Waals surface area contributed by atoms with Crippen LogP contribution in [0.25, 0.3) is 22.0 Å². The van der Waals surface area contributed by atoms with E-state index in [1.165, 1.54) is 12.1 Å². The Kier molecular flexibility index (Phi) is 7.82. The van der Waals surface area contributed by atoms with Gasteiger partial charge < -0.3 is 25.9 Å². The molecule has 0 aliphatic heterocycles. The van der Waals surface area contributed by atoms with Crippen molar-refractivity contribution in [2.75, 3.05) is 12.3 Å². The number of hydrogen-bond donors (Lipinski definition) is 4. The summed E-state index contributed by atoms with van der Waals surface area (Å²) in [6.07, 6.45) is 3.39. The Morgan fingerprint density at radius 1 is 1.12 bits per heavy atom. The molecule has 3 aromatic carbocycles. The second kappa shape index (κ2) is 11.5. The molecule has 5 N–H and O–H groups in total. The number of nitrogens with two attached hydrogens (primary N) is 1. The van der Waals surface area contributed by atoms with Gasteiger partial charge in [-0.2, -0.15) is 0 Å². The lowest BCUT2D eigenvalue weighted by Gasteiger charge is -2.19. The topological polar surface area (TPSA) is 113 Å². The third kappa shape index (κ3) is 5.68. The highest BCUT2D eigenvalue weighted by atomic mass is 35.5. The Morgan fingerprint density at radius 3 is 2.67 bits per heavy atom. The third-order valence-electron chi connectivity index (χ3n) is 6.58. The summed E-state index contributed by atoms with van der Waals surface area (Å²) < 4.78 is 20.0. The van der Waals surface area contributed by atoms with Gasteiger partial charge in [0.25, 0.3) is 5.91 Å². The summed E-state index contributed by atoms with van der Waals surface area (Å²) in [5, 5.41) is 13.8. The molecule has 1 unspecified atom stereocenters. The smallest absolute Gasteiger partial charge is 0.251 e. The van der Waals surface area contributed by atoms with Crippen LogP contribution in [-0.2, 0) is 6.42 Å². The third-order valence-corrected chi connectivity index (χ3v) is 7.30. The molecule has 0 saturated carbocycles. The van der Waals surface area contributed by atoms with Gasteiger partial charge in [-0.3, -0.25) is 4.79 Å². The first-order valence-electron chi connectivity index (χ1n) is 12.4.